The van der Waals surface area contributed by atoms with E-state index in [1.807, 2.05) is 0 Å². The second-order valence-electron chi connectivity index (χ2n) is 8.09. The molecule has 1 aliphatic rings. The largest absolute Gasteiger partial charge is 0.497 e. The average molecular weight is 494 g/mol. The summed E-state index contributed by atoms with van der Waals surface area (Å²) in [6.07, 6.45) is -0.493. The fraction of sp³-hybridized carbons (Fsp3) is 0.107. The minimum absolute atomic E-state index is 0.00400. The number of epoxide rings is 1. The Hall–Kier alpha value is -4.17. The third kappa shape index (κ3) is 4.43. The molecule has 4 aromatic carbocycles. The van der Waals surface area contributed by atoms with Crippen LogP contribution in [0.15, 0.2) is 72.8 Å². The summed E-state index contributed by atoms with van der Waals surface area (Å²) in [5.74, 6) is -5.39. The molecule has 4 nitrogen and oxygen atoms in total. The molecule has 4 aromatic rings. The fourth-order valence-electron chi connectivity index (χ4n) is 3.81. The zero-order valence-corrected chi connectivity index (χ0v) is 18.9. The van der Waals surface area contributed by atoms with Crippen LogP contribution in [-0.4, -0.2) is 19.7 Å². The topological polar surface area (TPSA) is 48.1 Å². The van der Waals surface area contributed by atoms with Crippen molar-refractivity contribution < 1.29 is 36.6 Å². The Bertz CT molecular complexity index is 1450. The van der Waals surface area contributed by atoms with Gasteiger partial charge in [0.05, 0.1) is 19.3 Å². The van der Waals surface area contributed by atoms with Gasteiger partial charge in [0.2, 0.25) is 5.82 Å². The minimum Gasteiger partial charge on any atom is -0.497 e. The van der Waals surface area contributed by atoms with Crippen molar-refractivity contribution >= 4 is 5.97 Å². The smallest absolute Gasteiger partial charge is 0.343 e. The minimum atomic E-state index is -1.29. The Morgan fingerprint density at radius 3 is 1.83 bits per heavy atom. The lowest BCUT2D eigenvalue weighted by Gasteiger charge is -2.11. The molecule has 1 aliphatic heterocycles. The molecule has 0 spiro atoms. The van der Waals surface area contributed by atoms with Crippen LogP contribution in [0.2, 0.25) is 0 Å². The molecule has 1 unspecified atom stereocenters. The number of benzene rings is 4. The van der Waals surface area contributed by atoms with Crippen molar-refractivity contribution in [3.8, 4) is 33.8 Å². The molecular weight excluding hydrogens is 476 g/mol. The van der Waals surface area contributed by atoms with E-state index in [1.54, 1.807) is 24.3 Å². The van der Waals surface area contributed by atoms with Crippen LogP contribution < -0.4 is 9.47 Å². The summed E-state index contributed by atoms with van der Waals surface area (Å²) in [6.45, 7) is 0.302. The Morgan fingerprint density at radius 1 is 0.750 bits per heavy atom. The van der Waals surface area contributed by atoms with E-state index in [-0.39, 0.29) is 22.3 Å². The van der Waals surface area contributed by atoms with Crippen molar-refractivity contribution in [2.24, 2.45) is 0 Å². The van der Waals surface area contributed by atoms with E-state index in [0.29, 0.717) is 23.5 Å². The Kier molecular flexibility index (Phi) is 6.20. The van der Waals surface area contributed by atoms with Crippen molar-refractivity contribution in [3.05, 3.63) is 107 Å². The predicted octanol–water partition coefficient (Wildman–Crippen LogP) is 6.88. The normalized spacial score (nSPS) is 14.4. The molecule has 1 saturated heterocycles. The molecule has 8 heteroatoms. The number of halogens is 4. The van der Waals surface area contributed by atoms with Gasteiger partial charge in [0, 0.05) is 16.7 Å². The van der Waals surface area contributed by atoms with E-state index in [9.17, 15) is 22.4 Å². The van der Waals surface area contributed by atoms with Crippen LogP contribution in [0, 0.1) is 23.3 Å². The van der Waals surface area contributed by atoms with Crippen LogP contribution in [0.5, 0.6) is 11.5 Å². The van der Waals surface area contributed by atoms with Gasteiger partial charge in [-0.25, -0.2) is 18.0 Å². The van der Waals surface area contributed by atoms with Gasteiger partial charge < -0.3 is 14.2 Å². The van der Waals surface area contributed by atoms with Gasteiger partial charge in [-0.2, -0.15) is 4.39 Å². The highest BCUT2D eigenvalue weighted by atomic mass is 19.2. The highest BCUT2D eigenvalue weighted by Crippen LogP contribution is 2.36. The highest BCUT2D eigenvalue weighted by molar-refractivity contribution is 5.91. The summed E-state index contributed by atoms with van der Waals surface area (Å²) in [4.78, 5) is 12.4. The highest BCUT2D eigenvalue weighted by Gasteiger charge is 2.30. The Balaban J connectivity index is 1.35. The molecule has 0 aromatic heterocycles. The lowest BCUT2D eigenvalue weighted by Crippen LogP contribution is -2.10. The maximum absolute atomic E-state index is 14.9. The lowest BCUT2D eigenvalue weighted by molar-refractivity contribution is 0.0726. The zero-order valence-electron chi connectivity index (χ0n) is 18.9. The maximum Gasteiger partial charge on any atom is 0.343 e. The van der Waals surface area contributed by atoms with Gasteiger partial charge in [0.15, 0.2) is 23.2 Å². The van der Waals surface area contributed by atoms with E-state index in [2.05, 4.69) is 0 Å². The quantitative estimate of drug-likeness (QED) is 0.127. The van der Waals surface area contributed by atoms with Crippen molar-refractivity contribution in [1.29, 1.82) is 0 Å². The average Bonchev–Trinajstić information content (AvgIpc) is 3.74. The molecule has 0 radical (unpaired) electrons. The Morgan fingerprint density at radius 2 is 1.31 bits per heavy atom. The number of ether oxygens (including phenoxy) is 3. The SMILES string of the molecule is COc1ccc(-c2ccc(-c3ccc(C(=O)Oc4ccc(C5CO5)c(F)c4F)cc3)c(F)c2F)cc1. The number of hydrogen-bond donors (Lipinski definition) is 0. The summed E-state index contributed by atoms with van der Waals surface area (Å²) in [5.41, 5.74) is 0.963. The van der Waals surface area contributed by atoms with E-state index < -0.39 is 41.1 Å². The molecule has 1 atom stereocenters. The summed E-state index contributed by atoms with van der Waals surface area (Å²) in [7, 11) is 1.51. The summed E-state index contributed by atoms with van der Waals surface area (Å²) in [5, 5.41) is 0. The second kappa shape index (κ2) is 9.47. The van der Waals surface area contributed by atoms with Crippen LogP contribution >= 0.6 is 0 Å². The molecule has 5 rings (SSSR count). The van der Waals surface area contributed by atoms with Gasteiger partial charge >= 0.3 is 5.97 Å². The zero-order chi connectivity index (χ0) is 25.4. The second-order valence-corrected chi connectivity index (χ2v) is 8.09. The molecule has 0 N–H and O–H groups in total. The molecule has 0 amide bonds. The van der Waals surface area contributed by atoms with Crippen LogP contribution in [0.3, 0.4) is 0 Å². The predicted molar refractivity (Wildman–Crippen MR) is 124 cm³/mol. The molecule has 1 heterocycles. The molecule has 0 saturated carbocycles. The van der Waals surface area contributed by atoms with Gasteiger partial charge in [-0.05, 0) is 47.5 Å². The monoisotopic (exact) mass is 494 g/mol. The van der Waals surface area contributed by atoms with Crippen molar-refractivity contribution in [2.75, 3.05) is 13.7 Å². The van der Waals surface area contributed by atoms with E-state index in [1.165, 1.54) is 49.6 Å². The van der Waals surface area contributed by atoms with E-state index in [4.69, 9.17) is 14.2 Å². The summed E-state index contributed by atoms with van der Waals surface area (Å²) < 4.78 is 73.3. The number of esters is 1. The van der Waals surface area contributed by atoms with Crippen molar-refractivity contribution in [3.63, 3.8) is 0 Å². The van der Waals surface area contributed by atoms with Gasteiger partial charge in [-0.1, -0.05) is 36.4 Å². The standard InChI is InChI=1S/C28H18F4O4/c1-34-18-8-6-16(7-9-18)20-11-10-19(24(29)25(20)30)15-2-4-17(5-3-15)28(33)36-22-13-12-21(23-14-35-23)26(31)27(22)32/h2-13,23H,14H2,1H3. The first kappa shape index (κ1) is 23.6. The van der Waals surface area contributed by atoms with Crippen LogP contribution in [0.4, 0.5) is 17.6 Å². The van der Waals surface area contributed by atoms with Crippen molar-refractivity contribution in [1.82, 2.24) is 0 Å². The van der Waals surface area contributed by atoms with Crippen molar-refractivity contribution in [2.45, 2.75) is 6.10 Å². The number of rotatable bonds is 6. The number of carbonyl (C=O) groups is 1. The first-order chi connectivity index (χ1) is 17.4. The third-order valence-electron chi connectivity index (χ3n) is 5.87. The van der Waals surface area contributed by atoms with Crippen LogP contribution in [0.25, 0.3) is 22.3 Å². The summed E-state index contributed by atoms with van der Waals surface area (Å²) in [6, 6.07) is 17.4. The molecular formula is C28H18F4O4. The first-order valence-electron chi connectivity index (χ1n) is 10.9. The molecule has 0 bridgehead atoms. The van der Waals surface area contributed by atoms with E-state index >= 15 is 0 Å². The van der Waals surface area contributed by atoms with E-state index in [0.717, 1.165) is 6.07 Å². The van der Waals surface area contributed by atoms with Gasteiger partial charge in [-0.15, -0.1) is 0 Å². The third-order valence-corrected chi connectivity index (χ3v) is 5.87. The number of hydrogen-bond acceptors (Lipinski definition) is 4. The molecule has 0 aliphatic carbocycles. The molecule has 182 valence electrons. The first-order valence-corrected chi connectivity index (χ1v) is 10.9. The van der Waals surface area contributed by atoms with Gasteiger partial charge in [0.25, 0.3) is 0 Å². The summed E-state index contributed by atoms with van der Waals surface area (Å²) >= 11 is 0. The molecule has 36 heavy (non-hydrogen) atoms. The fourth-order valence-corrected chi connectivity index (χ4v) is 3.81. The number of methoxy groups -OCH3 is 1. The van der Waals surface area contributed by atoms with Crippen LogP contribution in [-0.2, 0) is 4.74 Å². The molecule has 1 fully saturated rings. The van der Waals surface area contributed by atoms with Crippen LogP contribution in [0.1, 0.15) is 22.0 Å². The number of carbonyl (C=O) groups excluding carboxylic acids is 1. The lowest BCUT2D eigenvalue weighted by atomic mass is 9.98. The maximum atomic E-state index is 14.9. The Labute approximate surface area is 203 Å². The van der Waals surface area contributed by atoms with Gasteiger partial charge in [0.1, 0.15) is 11.9 Å². The van der Waals surface area contributed by atoms with Gasteiger partial charge in [-0.3, -0.25) is 0 Å².